The van der Waals surface area contributed by atoms with Crippen LogP contribution in [0.2, 0.25) is 0 Å². The van der Waals surface area contributed by atoms with E-state index < -0.39 is 0 Å². The molecule has 1 aromatic heterocycles. The zero-order valence-corrected chi connectivity index (χ0v) is 15.8. The summed E-state index contributed by atoms with van der Waals surface area (Å²) in [5.41, 5.74) is 3.34. The van der Waals surface area contributed by atoms with Gasteiger partial charge in [0.2, 0.25) is 0 Å². The summed E-state index contributed by atoms with van der Waals surface area (Å²) in [7, 11) is 0. The maximum atomic E-state index is 13.4. The maximum Gasteiger partial charge on any atom is 0.123 e. The van der Waals surface area contributed by atoms with Gasteiger partial charge in [-0.2, -0.15) is 0 Å². The number of ether oxygens (including phenoxy) is 1. The second-order valence-electron chi connectivity index (χ2n) is 7.47. The molecular weight excluding hydrogens is 341 g/mol. The Labute approximate surface area is 160 Å². The lowest BCUT2D eigenvalue weighted by Gasteiger charge is -2.27. The van der Waals surface area contributed by atoms with Crippen LogP contribution < -0.4 is 0 Å². The quantitative estimate of drug-likeness (QED) is 0.714. The van der Waals surface area contributed by atoms with Crippen molar-refractivity contribution >= 4 is 0 Å². The predicted molar refractivity (Wildman–Crippen MR) is 105 cm³/mol. The highest BCUT2D eigenvalue weighted by molar-refractivity contribution is 5.62. The average molecular weight is 369 g/mol. The molecule has 4 rings (SSSR count). The molecule has 0 amide bonds. The maximum absolute atomic E-state index is 13.4. The first-order chi connectivity index (χ1) is 13.3. The van der Waals surface area contributed by atoms with Crippen molar-refractivity contribution < 1.29 is 9.13 Å². The van der Waals surface area contributed by atoms with Gasteiger partial charge in [-0.3, -0.25) is 4.90 Å². The lowest BCUT2D eigenvalue weighted by atomic mass is 9.89. The van der Waals surface area contributed by atoms with E-state index in [9.17, 15) is 4.39 Å². The Morgan fingerprint density at radius 3 is 2.63 bits per heavy atom. The molecule has 1 saturated heterocycles. The summed E-state index contributed by atoms with van der Waals surface area (Å²) in [4.78, 5) is 7.22. The topological polar surface area (TPSA) is 30.3 Å². The van der Waals surface area contributed by atoms with Gasteiger partial charge < -0.3 is 9.30 Å². The standard InChI is InChI=1S/C22H28FN3O/c23-20-9-7-18(8-10-20)21-22(19-5-2-1-3-6-19)26(17-24-21)12-4-11-25-13-15-27-16-14-25/h1-2,7-10,17,19H,3-6,11-16H2. The largest absolute Gasteiger partial charge is 0.379 e. The highest BCUT2D eigenvalue weighted by Gasteiger charge is 2.22. The van der Waals surface area contributed by atoms with Gasteiger partial charge in [0.15, 0.2) is 0 Å². The van der Waals surface area contributed by atoms with E-state index in [0.29, 0.717) is 5.92 Å². The zero-order valence-electron chi connectivity index (χ0n) is 15.8. The summed E-state index contributed by atoms with van der Waals surface area (Å²) in [6, 6.07) is 6.74. The molecule has 27 heavy (non-hydrogen) atoms. The number of benzene rings is 1. The number of halogens is 1. The van der Waals surface area contributed by atoms with Gasteiger partial charge >= 0.3 is 0 Å². The van der Waals surface area contributed by atoms with Crippen LogP contribution in [0, 0.1) is 5.82 Å². The van der Waals surface area contributed by atoms with Gasteiger partial charge in [0.1, 0.15) is 5.82 Å². The highest BCUT2D eigenvalue weighted by atomic mass is 19.1. The van der Waals surface area contributed by atoms with Crippen molar-refractivity contribution in [3.05, 3.63) is 54.3 Å². The lowest BCUT2D eigenvalue weighted by molar-refractivity contribution is 0.0369. The van der Waals surface area contributed by atoms with E-state index in [1.54, 1.807) is 0 Å². The summed E-state index contributed by atoms with van der Waals surface area (Å²) in [5.74, 6) is 0.284. The van der Waals surface area contributed by atoms with Crippen LogP contribution in [-0.2, 0) is 11.3 Å². The average Bonchev–Trinajstić information content (AvgIpc) is 3.14. The molecule has 1 atom stereocenters. The molecule has 0 saturated carbocycles. The molecule has 1 aliphatic carbocycles. The number of aromatic nitrogens is 2. The summed E-state index contributed by atoms with van der Waals surface area (Å²) in [6.45, 7) is 5.83. The van der Waals surface area contributed by atoms with Gasteiger partial charge in [0, 0.05) is 43.4 Å². The Morgan fingerprint density at radius 2 is 1.89 bits per heavy atom. The Morgan fingerprint density at radius 1 is 1.07 bits per heavy atom. The van der Waals surface area contributed by atoms with Crippen LogP contribution in [0.1, 0.15) is 37.3 Å². The third kappa shape index (κ3) is 4.47. The molecule has 0 N–H and O–H groups in total. The van der Waals surface area contributed by atoms with E-state index >= 15 is 0 Å². The molecule has 144 valence electrons. The van der Waals surface area contributed by atoms with Crippen LogP contribution in [0.15, 0.2) is 42.7 Å². The molecule has 2 aromatic rings. The van der Waals surface area contributed by atoms with Gasteiger partial charge in [-0.25, -0.2) is 9.37 Å². The van der Waals surface area contributed by atoms with Crippen LogP contribution in [0.3, 0.4) is 0 Å². The summed E-state index contributed by atoms with van der Waals surface area (Å²) < 4.78 is 21.1. The molecule has 0 bridgehead atoms. The monoisotopic (exact) mass is 369 g/mol. The Bertz CT molecular complexity index is 762. The Hall–Kier alpha value is -1.98. The molecule has 2 heterocycles. The number of nitrogens with zero attached hydrogens (tertiary/aromatic N) is 3. The number of hydrogen-bond donors (Lipinski definition) is 0. The van der Waals surface area contributed by atoms with Crippen LogP contribution >= 0.6 is 0 Å². The first-order valence-corrected chi connectivity index (χ1v) is 10.1. The third-order valence-corrected chi connectivity index (χ3v) is 5.63. The van der Waals surface area contributed by atoms with Crippen LogP contribution in [0.25, 0.3) is 11.3 Å². The van der Waals surface area contributed by atoms with Crippen molar-refractivity contribution in [3.63, 3.8) is 0 Å². The fourth-order valence-corrected chi connectivity index (χ4v) is 4.16. The van der Waals surface area contributed by atoms with Gasteiger partial charge in [-0.05, 0) is 49.9 Å². The summed E-state index contributed by atoms with van der Waals surface area (Å²) in [5, 5.41) is 0. The second kappa shape index (κ2) is 8.81. The van der Waals surface area contributed by atoms with Crippen molar-refractivity contribution in [2.75, 3.05) is 32.8 Å². The van der Waals surface area contributed by atoms with E-state index in [0.717, 1.165) is 76.3 Å². The molecule has 5 heteroatoms. The van der Waals surface area contributed by atoms with Crippen molar-refractivity contribution in [2.45, 2.75) is 38.1 Å². The minimum atomic E-state index is -0.203. The Kier molecular flexibility index (Phi) is 6.00. The van der Waals surface area contributed by atoms with Crippen molar-refractivity contribution in [3.8, 4) is 11.3 Å². The molecule has 0 radical (unpaired) electrons. The molecule has 0 spiro atoms. The Balaban J connectivity index is 1.53. The molecule has 1 aliphatic heterocycles. The number of aryl methyl sites for hydroxylation is 1. The van der Waals surface area contributed by atoms with Crippen LogP contribution in [-0.4, -0.2) is 47.3 Å². The minimum absolute atomic E-state index is 0.203. The van der Waals surface area contributed by atoms with Gasteiger partial charge in [0.05, 0.1) is 25.2 Å². The highest BCUT2D eigenvalue weighted by Crippen LogP contribution is 2.35. The van der Waals surface area contributed by atoms with Gasteiger partial charge in [-0.15, -0.1) is 0 Å². The SMILES string of the molecule is Fc1ccc(-c2ncn(CCCN3CCOCC3)c2C2CC=CCC2)cc1. The molecule has 1 fully saturated rings. The minimum Gasteiger partial charge on any atom is -0.379 e. The van der Waals surface area contributed by atoms with Crippen molar-refractivity contribution in [2.24, 2.45) is 0 Å². The normalized spacial score (nSPS) is 20.9. The zero-order chi connectivity index (χ0) is 18.5. The number of imidazole rings is 1. The van der Waals surface area contributed by atoms with Crippen LogP contribution in [0.5, 0.6) is 0 Å². The van der Waals surface area contributed by atoms with Crippen molar-refractivity contribution in [1.82, 2.24) is 14.5 Å². The van der Waals surface area contributed by atoms with Gasteiger partial charge in [-0.1, -0.05) is 12.2 Å². The molecular formula is C22H28FN3O. The second-order valence-corrected chi connectivity index (χ2v) is 7.47. The number of hydrogen-bond acceptors (Lipinski definition) is 3. The first-order valence-electron chi connectivity index (χ1n) is 10.1. The fraction of sp³-hybridized carbons (Fsp3) is 0.500. The van der Waals surface area contributed by atoms with Gasteiger partial charge in [0.25, 0.3) is 0 Å². The number of allylic oxidation sites excluding steroid dienone is 2. The van der Waals surface area contributed by atoms with E-state index in [2.05, 4.69) is 21.6 Å². The number of rotatable bonds is 6. The summed E-state index contributed by atoms with van der Waals surface area (Å²) in [6.07, 6.45) is 11.0. The number of morpholine rings is 1. The third-order valence-electron chi connectivity index (χ3n) is 5.63. The van der Waals surface area contributed by atoms with Crippen LogP contribution in [0.4, 0.5) is 4.39 Å². The molecule has 4 nitrogen and oxygen atoms in total. The van der Waals surface area contributed by atoms with E-state index in [-0.39, 0.29) is 5.82 Å². The van der Waals surface area contributed by atoms with E-state index in [4.69, 9.17) is 9.72 Å². The summed E-state index contributed by atoms with van der Waals surface area (Å²) >= 11 is 0. The lowest BCUT2D eigenvalue weighted by Crippen LogP contribution is -2.37. The fourth-order valence-electron chi connectivity index (χ4n) is 4.16. The molecule has 1 aromatic carbocycles. The molecule has 1 unspecified atom stereocenters. The first kappa shape index (κ1) is 18.4. The van der Waals surface area contributed by atoms with E-state index in [1.165, 1.54) is 17.8 Å². The molecule has 2 aliphatic rings. The smallest absolute Gasteiger partial charge is 0.123 e. The van der Waals surface area contributed by atoms with Crippen molar-refractivity contribution in [1.29, 1.82) is 0 Å². The predicted octanol–water partition coefficient (Wildman–Crippen LogP) is 4.24. The van der Waals surface area contributed by atoms with E-state index in [1.807, 2.05) is 18.5 Å².